The van der Waals surface area contributed by atoms with Gasteiger partial charge in [-0.25, -0.2) is 0 Å². The average molecular weight is 754 g/mol. The Kier molecular flexibility index (Phi) is 7.10. The van der Waals surface area contributed by atoms with Gasteiger partial charge in [0.05, 0.1) is 11.4 Å². The summed E-state index contributed by atoms with van der Waals surface area (Å²) in [5, 5.41) is 10.2. The molecule has 0 atom stereocenters. The van der Waals surface area contributed by atoms with Crippen LogP contribution in [0.4, 0.5) is 17.1 Å². The van der Waals surface area contributed by atoms with E-state index in [4.69, 9.17) is 0 Å². The van der Waals surface area contributed by atoms with Crippen molar-refractivity contribution in [3.8, 4) is 33.4 Å². The zero-order valence-corrected chi connectivity index (χ0v) is 33.8. The fourth-order valence-electron chi connectivity index (χ4n) is 11.1. The molecule has 12 rings (SSSR count). The molecule has 0 aromatic heterocycles. The molecule has 0 unspecified atom stereocenters. The summed E-state index contributed by atoms with van der Waals surface area (Å²) < 4.78 is 0. The van der Waals surface area contributed by atoms with Gasteiger partial charge in [-0.2, -0.15) is 0 Å². The molecule has 0 bridgehead atoms. The third kappa shape index (κ3) is 4.73. The second-order valence-electron chi connectivity index (χ2n) is 17.6. The number of nitrogens with zero attached hydrogens (tertiary/aromatic N) is 1. The Morgan fingerprint density at radius 1 is 0.339 bits per heavy atom. The number of rotatable bonds is 4. The molecule has 280 valence electrons. The standard InChI is InChI=1S/C58H43N/c1-57(2)49-27-12-11-24-44(49)45-32-31-39(35-51(45)57)59(52-29-14-18-36-16-5-8-21-41(36)52)53-33-30-37-19-13-28-50-54(37)55(53)47-26-15-25-46(56(47)58(50,3)4)48-34-38-17-6-7-20-40(38)42-22-9-10-23-43(42)48/h5-35H,1-4H3. The minimum atomic E-state index is -0.280. The summed E-state index contributed by atoms with van der Waals surface area (Å²) in [6.07, 6.45) is 0. The van der Waals surface area contributed by atoms with Gasteiger partial charge >= 0.3 is 0 Å². The molecule has 0 fully saturated rings. The lowest BCUT2D eigenvalue weighted by molar-refractivity contribution is 0.647. The Morgan fingerprint density at radius 3 is 1.81 bits per heavy atom. The second-order valence-corrected chi connectivity index (χ2v) is 17.6. The van der Waals surface area contributed by atoms with Gasteiger partial charge < -0.3 is 4.90 Å². The van der Waals surface area contributed by atoms with Crippen molar-refractivity contribution in [2.24, 2.45) is 0 Å². The predicted octanol–water partition coefficient (Wildman–Crippen LogP) is 16.0. The minimum absolute atomic E-state index is 0.134. The summed E-state index contributed by atoms with van der Waals surface area (Å²) in [6.45, 7) is 9.63. The molecule has 1 heteroatoms. The van der Waals surface area contributed by atoms with E-state index in [0.717, 1.165) is 5.69 Å². The molecule has 0 saturated heterocycles. The second kappa shape index (κ2) is 12.3. The maximum absolute atomic E-state index is 2.56. The fraction of sp³-hybridized carbons (Fsp3) is 0.103. The Hall–Kier alpha value is -6.96. The summed E-state index contributed by atoms with van der Waals surface area (Å²) >= 11 is 0. The molecule has 2 aliphatic carbocycles. The highest BCUT2D eigenvalue weighted by Gasteiger charge is 2.39. The van der Waals surface area contributed by atoms with Gasteiger partial charge in [-0.15, -0.1) is 0 Å². The highest BCUT2D eigenvalue weighted by atomic mass is 15.1. The monoisotopic (exact) mass is 753 g/mol. The minimum Gasteiger partial charge on any atom is -0.309 e. The molecule has 10 aromatic carbocycles. The van der Waals surface area contributed by atoms with E-state index in [-0.39, 0.29) is 10.8 Å². The Labute approximate surface area is 345 Å². The largest absolute Gasteiger partial charge is 0.309 e. The average Bonchev–Trinajstić information content (AvgIpc) is 3.50. The van der Waals surface area contributed by atoms with Gasteiger partial charge in [0.25, 0.3) is 0 Å². The Balaban J connectivity index is 1.19. The lowest BCUT2D eigenvalue weighted by Crippen LogP contribution is -2.26. The summed E-state index contributed by atoms with van der Waals surface area (Å²) in [5.41, 5.74) is 16.4. The van der Waals surface area contributed by atoms with E-state index in [1.807, 2.05) is 0 Å². The van der Waals surface area contributed by atoms with Crippen LogP contribution in [0.3, 0.4) is 0 Å². The zero-order chi connectivity index (χ0) is 39.6. The topological polar surface area (TPSA) is 3.24 Å². The molecule has 0 aliphatic heterocycles. The van der Waals surface area contributed by atoms with Gasteiger partial charge in [-0.3, -0.25) is 0 Å². The smallest absolute Gasteiger partial charge is 0.0546 e. The molecule has 0 spiro atoms. The first-order valence-electron chi connectivity index (χ1n) is 20.9. The lowest BCUT2D eigenvalue weighted by Gasteiger charge is -2.39. The number of hydrogen-bond donors (Lipinski definition) is 0. The molecular formula is C58H43N. The molecule has 0 radical (unpaired) electrons. The first-order chi connectivity index (χ1) is 28.8. The first-order valence-corrected chi connectivity index (χ1v) is 20.9. The van der Waals surface area contributed by atoms with Crippen molar-refractivity contribution in [3.63, 3.8) is 0 Å². The van der Waals surface area contributed by atoms with Crippen LogP contribution in [0.1, 0.15) is 49.9 Å². The number of fused-ring (bicyclic) bond motifs is 9. The van der Waals surface area contributed by atoms with Crippen LogP contribution >= 0.6 is 0 Å². The van der Waals surface area contributed by atoms with E-state index in [0.29, 0.717) is 0 Å². The van der Waals surface area contributed by atoms with Crippen LogP contribution in [0, 0.1) is 0 Å². The van der Waals surface area contributed by atoms with E-state index in [1.165, 1.54) is 110 Å². The van der Waals surface area contributed by atoms with Gasteiger partial charge in [0.15, 0.2) is 0 Å². The van der Waals surface area contributed by atoms with Crippen molar-refractivity contribution in [1.82, 2.24) is 0 Å². The molecule has 0 amide bonds. The number of hydrogen-bond acceptors (Lipinski definition) is 1. The maximum atomic E-state index is 2.56. The third-order valence-corrected chi connectivity index (χ3v) is 13.8. The van der Waals surface area contributed by atoms with Crippen molar-refractivity contribution in [2.75, 3.05) is 4.90 Å². The van der Waals surface area contributed by atoms with E-state index < -0.39 is 0 Å². The summed E-state index contributed by atoms with van der Waals surface area (Å²) in [6, 6.07) is 70.7. The van der Waals surface area contributed by atoms with E-state index >= 15 is 0 Å². The van der Waals surface area contributed by atoms with Crippen LogP contribution in [0.15, 0.2) is 188 Å². The van der Waals surface area contributed by atoms with Crippen LogP contribution < -0.4 is 4.90 Å². The van der Waals surface area contributed by atoms with E-state index in [1.54, 1.807) is 0 Å². The predicted molar refractivity (Wildman–Crippen MR) is 252 cm³/mol. The molecular weight excluding hydrogens is 711 g/mol. The highest BCUT2D eigenvalue weighted by Crippen LogP contribution is 2.58. The first kappa shape index (κ1) is 34.1. The molecule has 59 heavy (non-hydrogen) atoms. The molecule has 1 nitrogen and oxygen atoms in total. The van der Waals surface area contributed by atoms with Gasteiger partial charge in [0.2, 0.25) is 0 Å². The Bertz CT molecular complexity index is 3390. The van der Waals surface area contributed by atoms with Crippen molar-refractivity contribution in [1.29, 1.82) is 0 Å². The van der Waals surface area contributed by atoms with Crippen molar-refractivity contribution in [3.05, 3.63) is 210 Å². The van der Waals surface area contributed by atoms with Gasteiger partial charge in [-0.1, -0.05) is 185 Å². The molecule has 0 N–H and O–H groups in total. The SMILES string of the molecule is CC1(C)c2ccccc2-c2ccc(N(c3ccc4cccc5c4c3-c3cccc(-c4cc6ccccc6c6ccccc46)c3C5(C)C)c3cccc4ccccc34)cc21. The molecule has 10 aromatic rings. The van der Waals surface area contributed by atoms with Crippen LogP contribution in [0.5, 0.6) is 0 Å². The normalized spacial score (nSPS) is 14.4. The van der Waals surface area contributed by atoms with Crippen LogP contribution in [0.25, 0.3) is 76.5 Å². The van der Waals surface area contributed by atoms with Gasteiger partial charge in [-0.05, 0) is 118 Å². The number of benzene rings is 10. The maximum Gasteiger partial charge on any atom is 0.0546 e. The van der Waals surface area contributed by atoms with Crippen molar-refractivity contribution < 1.29 is 0 Å². The van der Waals surface area contributed by atoms with Crippen LogP contribution in [0.2, 0.25) is 0 Å². The summed E-state index contributed by atoms with van der Waals surface area (Å²) in [4.78, 5) is 2.56. The van der Waals surface area contributed by atoms with Crippen molar-refractivity contribution >= 4 is 60.2 Å². The van der Waals surface area contributed by atoms with Gasteiger partial charge in [0.1, 0.15) is 0 Å². The zero-order valence-electron chi connectivity index (χ0n) is 33.8. The molecule has 0 saturated carbocycles. The number of anilines is 3. The third-order valence-electron chi connectivity index (χ3n) is 13.8. The Morgan fingerprint density at radius 2 is 0.949 bits per heavy atom. The van der Waals surface area contributed by atoms with Crippen LogP contribution in [-0.4, -0.2) is 0 Å². The molecule has 2 aliphatic rings. The summed E-state index contributed by atoms with van der Waals surface area (Å²) in [7, 11) is 0. The van der Waals surface area contributed by atoms with Crippen molar-refractivity contribution in [2.45, 2.75) is 38.5 Å². The van der Waals surface area contributed by atoms with Gasteiger partial charge in [0, 0.05) is 27.5 Å². The fourth-order valence-corrected chi connectivity index (χ4v) is 11.1. The quantitative estimate of drug-likeness (QED) is 0.162. The summed E-state index contributed by atoms with van der Waals surface area (Å²) in [5.74, 6) is 0. The van der Waals surface area contributed by atoms with Crippen LogP contribution in [-0.2, 0) is 10.8 Å². The van der Waals surface area contributed by atoms with E-state index in [2.05, 4.69) is 221 Å². The highest BCUT2D eigenvalue weighted by molar-refractivity contribution is 6.16. The molecule has 0 heterocycles. The lowest BCUT2D eigenvalue weighted by atomic mass is 9.65. The van der Waals surface area contributed by atoms with E-state index in [9.17, 15) is 0 Å².